The van der Waals surface area contributed by atoms with Crippen LogP contribution in [0.2, 0.25) is 15.6 Å². The van der Waals surface area contributed by atoms with Gasteiger partial charge in [-0.3, -0.25) is 0 Å². The van der Waals surface area contributed by atoms with Crippen LogP contribution in [0.5, 0.6) is 0 Å². The van der Waals surface area contributed by atoms with Gasteiger partial charge in [0.15, 0.2) is 5.82 Å². The van der Waals surface area contributed by atoms with Gasteiger partial charge in [0.1, 0.15) is 0 Å². The zero-order chi connectivity index (χ0) is 14.8. The number of nitrogens with zero attached hydrogens (tertiary/aromatic N) is 3. The largest absolute Gasteiger partial charge is 0.227 e. The molecule has 3 nitrogen and oxygen atoms in total. The predicted molar refractivity (Wildman–Crippen MR) is 85.7 cm³/mol. The van der Waals surface area contributed by atoms with Crippen molar-refractivity contribution in [3.63, 3.8) is 0 Å². The number of hydrogen-bond donors (Lipinski definition) is 0. The number of aromatic nitrogens is 3. The Morgan fingerprint density at radius 3 is 1.71 bits per heavy atom. The Labute approximate surface area is 136 Å². The van der Waals surface area contributed by atoms with E-state index in [2.05, 4.69) is 15.0 Å². The Kier molecular flexibility index (Phi) is 4.06. The molecule has 6 heteroatoms. The molecule has 0 aliphatic carbocycles. The van der Waals surface area contributed by atoms with E-state index in [0.29, 0.717) is 10.8 Å². The van der Waals surface area contributed by atoms with Crippen LogP contribution in [0.4, 0.5) is 0 Å². The van der Waals surface area contributed by atoms with E-state index in [-0.39, 0.29) is 10.6 Å². The third kappa shape index (κ3) is 3.00. The fourth-order valence-electron chi connectivity index (χ4n) is 2.04. The Hall–Kier alpha value is -1.68. The van der Waals surface area contributed by atoms with Gasteiger partial charge >= 0.3 is 0 Å². The molecule has 0 saturated heterocycles. The highest BCUT2D eigenvalue weighted by atomic mass is 35.5. The van der Waals surface area contributed by atoms with Crippen LogP contribution >= 0.6 is 34.8 Å². The molecule has 0 fully saturated rings. The van der Waals surface area contributed by atoms with Crippen LogP contribution in [0.1, 0.15) is 0 Å². The van der Waals surface area contributed by atoms with Crippen molar-refractivity contribution in [2.24, 2.45) is 0 Å². The van der Waals surface area contributed by atoms with Crippen LogP contribution < -0.4 is 0 Å². The Balaban J connectivity index is 2.23. The van der Waals surface area contributed by atoms with E-state index in [1.807, 2.05) is 48.5 Å². The van der Waals surface area contributed by atoms with Gasteiger partial charge in [-0.1, -0.05) is 54.1 Å². The first-order valence-electron chi connectivity index (χ1n) is 6.06. The minimum absolute atomic E-state index is 0.0546. The monoisotopic (exact) mass is 335 g/mol. The topological polar surface area (TPSA) is 38.7 Å². The average Bonchev–Trinajstić information content (AvgIpc) is 2.47. The highest BCUT2D eigenvalue weighted by molar-refractivity contribution is 6.33. The quantitative estimate of drug-likeness (QED) is 0.648. The van der Waals surface area contributed by atoms with Crippen LogP contribution in [-0.4, -0.2) is 15.0 Å². The Bertz CT molecular complexity index is 785. The molecule has 1 aromatic heterocycles. The van der Waals surface area contributed by atoms with Crippen LogP contribution in [0.3, 0.4) is 0 Å². The Morgan fingerprint density at radius 2 is 1.10 bits per heavy atom. The fourth-order valence-corrected chi connectivity index (χ4v) is 2.64. The summed E-state index contributed by atoms with van der Waals surface area (Å²) in [5, 5.41) is 0.758. The first kappa shape index (κ1) is 14.3. The van der Waals surface area contributed by atoms with Gasteiger partial charge in [-0.2, -0.15) is 15.0 Å². The minimum Gasteiger partial charge on any atom is -0.198 e. The third-order valence-electron chi connectivity index (χ3n) is 2.91. The summed E-state index contributed by atoms with van der Waals surface area (Å²) < 4.78 is 0. The van der Waals surface area contributed by atoms with E-state index in [4.69, 9.17) is 34.8 Å². The maximum absolute atomic E-state index is 6.28. The van der Waals surface area contributed by atoms with Crippen molar-refractivity contribution in [2.75, 3.05) is 0 Å². The molecule has 0 amide bonds. The molecule has 3 aromatic rings. The van der Waals surface area contributed by atoms with Crippen molar-refractivity contribution in [1.82, 2.24) is 15.0 Å². The number of rotatable bonds is 2. The Morgan fingerprint density at radius 1 is 0.571 bits per heavy atom. The molecule has 0 radical (unpaired) electrons. The molecule has 104 valence electrons. The SMILES string of the molecule is Clc1nc(Cl)nc(-c2ccccc2-c2ccccc2Cl)n1. The van der Waals surface area contributed by atoms with Crippen molar-refractivity contribution in [2.45, 2.75) is 0 Å². The maximum Gasteiger partial charge on any atom is 0.227 e. The summed E-state index contributed by atoms with van der Waals surface area (Å²) >= 11 is 18.0. The minimum atomic E-state index is 0.0546. The zero-order valence-electron chi connectivity index (χ0n) is 10.6. The lowest BCUT2D eigenvalue weighted by Crippen LogP contribution is -1.95. The highest BCUT2D eigenvalue weighted by Gasteiger charge is 2.13. The molecule has 0 bridgehead atoms. The van der Waals surface area contributed by atoms with E-state index < -0.39 is 0 Å². The predicted octanol–water partition coefficient (Wildman–Crippen LogP) is 5.17. The van der Waals surface area contributed by atoms with E-state index in [1.54, 1.807) is 0 Å². The first-order valence-corrected chi connectivity index (χ1v) is 7.20. The molecular formula is C15H8Cl3N3. The van der Waals surface area contributed by atoms with Crippen molar-refractivity contribution in [3.05, 3.63) is 64.1 Å². The molecule has 0 N–H and O–H groups in total. The van der Waals surface area contributed by atoms with Crippen LogP contribution in [-0.2, 0) is 0 Å². The van der Waals surface area contributed by atoms with Gasteiger partial charge < -0.3 is 0 Å². The molecule has 0 unspecified atom stereocenters. The number of hydrogen-bond acceptors (Lipinski definition) is 3. The summed E-state index contributed by atoms with van der Waals surface area (Å²) in [6, 6.07) is 15.2. The van der Waals surface area contributed by atoms with Gasteiger partial charge in [0.25, 0.3) is 0 Å². The molecule has 0 atom stereocenters. The second-order valence-electron chi connectivity index (χ2n) is 4.22. The fraction of sp³-hybridized carbons (Fsp3) is 0. The smallest absolute Gasteiger partial charge is 0.198 e. The molecule has 3 rings (SSSR count). The number of benzene rings is 2. The van der Waals surface area contributed by atoms with Crippen LogP contribution in [0.15, 0.2) is 48.5 Å². The lowest BCUT2D eigenvalue weighted by Gasteiger charge is -2.10. The second-order valence-corrected chi connectivity index (χ2v) is 5.31. The van der Waals surface area contributed by atoms with E-state index in [1.165, 1.54) is 0 Å². The van der Waals surface area contributed by atoms with Crippen molar-refractivity contribution >= 4 is 34.8 Å². The average molecular weight is 337 g/mol. The molecule has 2 aromatic carbocycles. The molecule has 1 heterocycles. The van der Waals surface area contributed by atoms with Crippen LogP contribution in [0.25, 0.3) is 22.5 Å². The molecule has 0 spiro atoms. The lowest BCUT2D eigenvalue weighted by molar-refractivity contribution is 1.06. The highest BCUT2D eigenvalue weighted by Crippen LogP contribution is 2.34. The van der Waals surface area contributed by atoms with E-state index >= 15 is 0 Å². The second kappa shape index (κ2) is 5.98. The summed E-state index contributed by atoms with van der Waals surface area (Å²) in [7, 11) is 0. The molecule has 0 aliphatic rings. The van der Waals surface area contributed by atoms with Gasteiger partial charge in [-0.15, -0.1) is 0 Å². The zero-order valence-corrected chi connectivity index (χ0v) is 12.9. The summed E-state index contributed by atoms with van der Waals surface area (Å²) in [6.45, 7) is 0. The molecule has 0 aliphatic heterocycles. The van der Waals surface area contributed by atoms with Crippen molar-refractivity contribution in [1.29, 1.82) is 0 Å². The summed E-state index contributed by atoms with van der Waals surface area (Å²) in [6.07, 6.45) is 0. The first-order chi connectivity index (χ1) is 10.1. The van der Waals surface area contributed by atoms with Crippen molar-refractivity contribution in [3.8, 4) is 22.5 Å². The third-order valence-corrected chi connectivity index (χ3v) is 3.58. The van der Waals surface area contributed by atoms with Crippen molar-refractivity contribution < 1.29 is 0 Å². The van der Waals surface area contributed by atoms with Gasteiger partial charge in [-0.05, 0) is 34.8 Å². The maximum atomic E-state index is 6.28. The van der Waals surface area contributed by atoms with E-state index in [9.17, 15) is 0 Å². The standard InChI is InChI=1S/C15H8Cl3N3/c16-12-8-4-3-6-10(12)9-5-1-2-7-11(9)13-19-14(17)21-15(18)20-13/h1-8H. The molecule has 21 heavy (non-hydrogen) atoms. The molecular weight excluding hydrogens is 329 g/mol. The van der Waals surface area contributed by atoms with Gasteiger partial charge in [0.05, 0.1) is 0 Å². The summed E-state index contributed by atoms with van der Waals surface area (Å²) in [5.74, 6) is 0.413. The van der Waals surface area contributed by atoms with Crippen LogP contribution in [0, 0.1) is 0 Å². The van der Waals surface area contributed by atoms with Gasteiger partial charge in [0.2, 0.25) is 10.6 Å². The van der Waals surface area contributed by atoms with Gasteiger partial charge in [-0.25, -0.2) is 0 Å². The summed E-state index contributed by atoms with van der Waals surface area (Å²) in [5.41, 5.74) is 2.58. The number of halogens is 3. The van der Waals surface area contributed by atoms with E-state index in [0.717, 1.165) is 16.7 Å². The normalized spacial score (nSPS) is 10.6. The summed E-state index contributed by atoms with van der Waals surface area (Å²) in [4.78, 5) is 12.0. The lowest BCUT2D eigenvalue weighted by atomic mass is 9.99. The molecule has 0 saturated carbocycles. The van der Waals surface area contributed by atoms with Gasteiger partial charge in [0, 0.05) is 16.1 Å².